The normalized spacial score (nSPS) is 13.5. The molecule has 0 saturated carbocycles. The van der Waals surface area contributed by atoms with Gasteiger partial charge in [0.05, 0.1) is 21.9 Å². The van der Waals surface area contributed by atoms with E-state index in [2.05, 4.69) is 10.3 Å². The first-order valence-electron chi connectivity index (χ1n) is 9.63. The van der Waals surface area contributed by atoms with Crippen molar-refractivity contribution in [3.05, 3.63) is 57.2 Å². The molecule has 8 heteroatoms. The topological polar surface area (TPSA) is 111 Å². The second kappa shape index (κ2) is 9.67. The molecule has 2 amide bonds. The van der Waals surface area contributed by atoms with Crippen LogP contribution in [-0.4, -0.2) is 16.8 Å². The molecular formula is C22H28Cl2N4O2. The van der Waals surface area contributed by atoms with Crippen molar-refractivity contribution in [2.24, 2.45) is 23.0 Å². The number of carbonyl (C=O) groups is 2. The van der Waals surface area contributed by atoms with Crippen molar-refractivity contribution in [3.8, 4) is 0 Å². The highest BCUT2D eigenvalue weighted by molar-refractivity contribution is 6.42. The maximum absolute atomic E-state index is 13.2. The molecule has 0 fully saturated rings. The van der Waals surface area contributed by atoms with Gasteiger partial charge in [-0.1, -0.05) is 56.1 Å². The van der Waals surface area contributed by atoms with E-state index in [1.807, 2.05) is 33.8 Å². The molecule has 0 aliphatic carbocycles. The standard InChI is InChI=1S/C22H28Cl2N4O2/c1-12-14(6-8-18(25)28-12)11-27-21(30)15(19(20(26)29)22(2,3)4)9-13-5-7-16(23)17(24)10-13/h5-8,10,15,19H,9,11H2,1-4H3,(H2,25,28)(H2,26,29)(H,27,30)/t15-,19?/m0/s1. The number of halogens is 2. The first kappa shape index (κ1) is 24.0. The Balaban J connectivity index is 2.32. The van der Waals surface area contributed by atoms with E-state index in [9.17, 15) is 9.59 Å². The molecule has 30 heavy (non-hydrogen) atoms. The lowest BCUT2D eigenvalue weighted by molar-refractivity contribution is -0.137. The van der Waals surface area contributed by atoms with Crippen LogP contribution in [0.2, 0.25) is 10.0 Å². The molecule has 1 aromatic carbocycles. The van der Waals surface area contributed by atoms with Crippen molar-refractivity contribution in [3.63, 3.8) is 0 Å². The van der Waals surface area contributed by atoms with Crippen LogP contribution in [0, 0.1) is 24.2 Å². The quantitative estimate of drug-likeness (QED) is 0.593. The predicted octanol–water partition coefficient (Wildman–Crippen LogP) is 3.90. The van der Waals surface area contributed by atoms with Gasteiger partial charge >= 0.3 is 0 Å². The number of benzene rings is 1. The average Bonchev–Trinajstić information content (AvgIpc) is 2.61. The van der Waals surface area contributed by atoms with Gasteiger partial charge in [0.2, 0.25) is 11.8 Å². The van der Waals surface area contributed by atoms with Crippen LogP contribution in [0.5, 0.6) is 0 Å². The molecule has 1 heterocycles. The maximum Gasteiger partial charge on any atom is 0.224 e. The number of nitrogens with one attached hydrogen (secondary N) is 1. The van der Waals surface area contributed by atoms with Gasteiger partial charge in [-0.3, -0.25) is 9.59 Å². The van der Waals surface area contributed by atoms with E-state index in [1.165, 1.54) is 0 Å². The number of hydrogen-bond donors (Lipinski definition) is 3. The molecule has 0 radical (unpaired) electrons. The van der Waals surface area contributed by atoms with Crippen LogP contribution in [-0.2, 0) is 22.6 Å². The maximum atomic E-state index is 13.2. The van der Waals surface area contributed by atoms with Crippen LogP contribution in [0.15, 0.2) is 30.3 Å². The summed E-state index contributed by atoms with van der Waals surface area (Å²) < 4.78 is 0. The summed E-state index contributed by atoms with van der Waals surface area (Å²) in [6, 6.07) is 8.68. The smallest absolute Gasteiger partial charge is 0.224 e. The minimum Gasteiger partial charge on any atom is -0.384 e. The zero-order valence-electron chi connectivity index (χ0n) is 17.6. The van der Waals surface area contributed by atoms with E-state index in [1.54, 1.807) is 24.3 Å². The summed E-state index contributed by atoms with van der Waals surface area (Å²) in [5.41, 5.74) is 13.3. The minimum atomic E-state index is -0.683. The zero-order valence-corrected chi connectivity index (χ0v) is 19.1. The second-order valence-electron chi connectivity index (χ2n) is 8.50. The lowest BCUT2D eigenvalue weighted by Gasteiger charge is -2.34. The van der Waals surface area contributed by atoms with Gasteiger partial charge in [0, 0.05) is 12.2 Å². The molecule has 6 nitrogen and oxygen atoms in total. The van der Waals surface area contributed by atoms with Crippen molar-refractivity contribution in [1.82, 2.24) is 10.3 Å². The number of primary amides is 1. The molecule has 2 aromatic rings. The Bertz CT molecular complexity index is 941. The molecule has 0 aliphatic heterocycles. The van der Waals surface area contributed by atoms with Gasteiger partial charge in [0.1, 0.15) is 5.82 Å². The fourth-order valence-electron chi connectivity index (χ4n) is 3.62. The van der Waals surface area contributed by atoms with Crippen LogP contribution < -0.4 is 16.8 Å². The van der Waals surface area contributed by atoms with Gasteiger partial charge in [-0.05, 0) is 48.1 Å². The van der Waals surface area contributed by atoms with E-state index < -0.39 is 23.2 Å². The molecule has 0 aliphatic rings. The van der Waals surface area contributed by atoms with E-state index in [0.29, 0.717) is 22.3 Å². The number of hydrogen-bond acceptors (Lipinski definition) is 4. The Morgan fingerprint density at radius 2 is 1.80 bits per heavy atom. The summed E-state index contributed by atoms with van der Waals surface area (Å²) in [5.74, 6) is -1.73. The summed E-state index contributed by atoms with van der Waals surface area (Å²) in [6.45, 7) is 7.78. The molecule has 2 rings (SSSR count). The first-order chi connectivity index (χ1) is 13.9. The van der Waals surface area contributed by atoms with Gasteiger partial charge in [-0.25, -0.2) is 4.98 Å². The third-order valence-electron chi connectivity index (χ3n) is 5.09. The largest absolute Gasteiger partial charge is 0.384 e. The van der Waals surface area contributed by atoms with Crippen molar-refractivity contribution >= 4 is 40.8 Å². The van der Waals surface area contributed by atoms with E-state index in [0.717, 1.165) is 16.8 Å². The van der Waals surface area contributed by atoms with Gasteiger partial charge in [0.15, 0.2) is 0 Å². The highest BCUT2D eigenvalue weighted by Crippen LogP contribution is 2.35. The van der Waals surface area contributed by atoms with Crippen LogP contribution in [0.3, 0.4) is 0 Å². The fraction of sp³-hybridized carbons (Fsp3) is 0.409. The molecular weight excluding hydrogens is 423 g/mol. The summed E-state index contributed by atoms with van der Waals surface area (Å²) in [4.78, 5) is 29.8. The summed E-state index contributed by atoms with van der Waals surface area (Å²) in [5, 5.41) is 3.74. The molecule has 1 aromatic heterocycles. The predicted molar refractivity (Wildman–Crippen MR) is 121 cm³/mol. The Kier molecular flexibility index (Phi) is 7.72. The Morgan fingerprint density at radius 1 is 1.13 bits per heavy atom. The van der Waals surface area contributed by atoms with Gasteiger partial charge in [-0.15, -0.1) is 0 Å². The lowest BCUT2D eigenvalue weighted by atomic mass is 9.70. The SMILES string of the molecule is Cc1nc(N)ccc1CNC(=O)[C@@H](Cc1ccc(Cl)c(Cl)c1)C(C(N)=O)C(C)(C)C. The third-order valence-corrected chi connectivity index (χ3v) is 5.83. The van der Waals surface area contributed by atoms with Crippen LogP contribution in [0.1, 0.15) is 37.6 Å². The number of aromatic nitrogens is 1. The summed E-state index contributed by atoms with van der Waals surface area (Å²) in [6.07, 6.45) is 0.298. The van der Waals surface area contributed by atoms with Gasteiger partial charge < -0.3 is 16.8 Å². The number of nitrogens with two attached hydrogens (primary N) is 2. The number of rotatable bonds is 7. The molecule has 2 atom stereocenters. The molecule has 5 N–H and O–H groups in total. The van der Waals surface area contributed by atoms with E-state index in [4.69, 9.17) is 34.7 Å². The van der Waals surface area contributed by atoms with Crippen LogP contribution in [0.25, 0.3) is 0 Å². The second-order valence-corrected chi connectivity index (χ2v) is 9.32. The molecule has 0 bridgehead atoms. The average molecular weight is 451 g/mol. The van der Waals surface area contributed by atoms with Crippen LogP contribution in [0.4, 0.5) is 5.82 Å². The number of amides is 2. The Hall–Kier alpha value is -2.31. The monoisotopic (exact) mass is 450 g/mol. The number of anilines is 1. The Morgan fingerprint density at radius 3 is 2.33 bits per heavy atom. The van der Waals surface area contributed by atoms with Crippen molar-refractivity contribution in [2.75, 3.05) is 5.73 Å². The Labute approximate surface area is 187 Å². The highest BCUT2D eigenvalue weighted by atomic mass is 35.5. The summed E-state index contributed by atoms with van der Waals surface area (Å²) in [7, 11) is 0. The number of carbonyl (C=O) groups excluding carboxylic acids is 2. The molecule has 162 valence electrons. The van der Waals surface area contributed by atoms with Gasteiger partial charge in [-0.2, -0.15) is 0 Å². The van der Waals surface area contributed by atoms with Crippen molar-refractivity contribution in [2.45, 2.75) is 40.7 Å². The zero-order chi connectivity index (χ0) is 22.6. The number of aryl methyl sites for hydroxylation is 1. The molecule has 0 saturated heterocycles. The van der Waals surface area contributed by atoms with E-state index in [-0.39, 0.29) is 12.5 Å². The van der Waals surface area contributed by atoms with Crippen molar-refractivity contribution < 1.29 is 9.59 Å². The van der Waals surface area contributed by atoms with Crippen LogP contribution >= 0.6 is 23.2 Å². The number of nitrogens with zero attached hydrogens (tertiary/aromatic N) is 1. The first-order valence-corrected chi connectivity index (χ1v) is 10.4. The minimum absolute atomic E-state index is 0.268. The highest BCUT2D eigenvalue weighted by Gasteiger charge is 2.40. The fourth-order valence-corrected chi connectivity index (χ4v) is 3.94. The third kappa shape index (κ3) is 6.09. The molecule has 1 unspecified atom stereocenters. The number of pyridine rings is 1. The van der Waals surface area contributed by atoms with Crippen molar-refractivity contribution in [1.29, 1.82) is 0 Å². The number of nitrogen functional groups attached to an aromatic ring is 1. The van der Waals surface area contributed by atoms with E-state index >= 15 is 0 Å². The molecule has 0 spiro atoms. The van der Waals surface area contributed by atoms with Gasteiger partial charge in [0.25, 0.3) is 0 Å². The summed E-state index contributed by atoms with van der Waals surface area (Å²) >= 11 is 12.1. The lowest BCUT2D eigenvalue weighted by Crippen LogP contribution is -2.46.